The highest BCUT2D eigenvalue weighted by molar-refractivity contribution is 6.39. The number of carbonyl (C=O) groups is 2. The minimum atomic E-state index is -0.693. The van der Waals surface area contributed by atoms with Crippen LogP contribution >= 0.6 is 0 Å². The van der Waals surface area contributed by atoms with E-state index < -0.39 is 11.8 Å². The van der Waals surface area contributed by atoms with Gasteiger partial charge in [0, 0.05) is 31.0 Å². The van der Waals surface area contributed by atoms with Crippen LogP contribution in [0.5, 0.6) is 5.75 Å². The molecule has 1 aliphatic heterocycles. The van der Waals surface area contributed by atoms with Crippen molar-refractivity contribution in [2.75, 3.05) is 30.9 Å². The molecule has 1 unspecified atom stereocenters. The molecule has 0 aromatic heterocycles. The van der Waals surface area contributed by atoms with Crippen LogP contribution in [0, 0.1) is 6.92 Å². The van der Waals surface area contributed by atoms with E-state index in [2.05, 4.69) is 10.6 Å². The monoisotopic (exact) mass is 339 g/mol. The first-order chi connectivity index (χ1) is 12.0. The number of aryl methyl sites for hydroxylation is 1. The third kappa shape index (κ3) is 3.57. The summed E-state index contributed by atoms with van der Waals surface area (Å²) < 4.78 is 5.51. The first-order valence-corrected chi connectivity index (χ1v) is 8.07. The number of ether oxygens (including phenoxy) is 1. The van der Waals surface area contributed by atoms with Crippen molar-refractivity contribution in [1.82, 2.24) is 5.32 Å². The van der Waals surface area contributed by atoms with Gasteiger partial charge in [0.05, 0.1) is 6.04 Å². The molecule has 0 spiro atoms. The first-order valence-electron chi connectivity index (χ1n) is 8.07. The van der Waals surface area contributed by atoms with Crippen molar-refractivity contribution in [1.29, 1.82) is 0 Å². The molecule has 2 N–H and O–H groups in total. The van der Waals surface area contributed by atoms with Crippen LogP contribution in [0.4, 0.5) is 11.4 Å². The maximum Gasteiger partial charge on any atom is 0.313 e. The smallest absolute Gasteiger partial charge is 0.313 e. The van der Waals surface area contributed by atoms with Crippen molar-refractivity contribution >= 4 is 23.2 Å². The summed E-state index contributed by atoms with van der Waals surface area (Å²) >= 11 is 0. The number of fused-ring (bicyclic) bond motifs is 1. The highest BCUT2D eigenvalue weighted by Gasteiger charge is 2.27. The summed E-state index contributed by atoms with van der Waals surface area (Å²) in [7, 11) is 3.91. The van der Waals surface area contributed by atoms with Crippen LogP contribution in [-0.4, -0.2) is 32.5 Å². The van der Waals surface area contributed by atoms with Gasteiger partial charge >= 0.3 is 11.8 Å². The quantitative estimate of drug-likeness (QED) is 0.842. The van der Waals surface area contributed by atoms with Gasteiger partial charge in [-0.2, -0.15) is 0 Å². The van der Waals surface area contributed by atoms with E-state index in [-0.39, 0.29) is 6.04 Å². The number of amides is 2. The Morgan fingerprint density at radius 3 is 2.60 bits per heavy atom. The van der Waals surface area contributed by atoms with Gasteiger partial charge in [0.25, 0.3) is 0 Å². The number of hydrogen-bond donors (Lipinski definition) is 2. The molecule has 0 saturated heterocycles. The molecule has 2 aromatic rings. The third-order valence-corrected chi connectivity index (χ3v) is 4.15. The molecule has 2 amide bonds. The number of nitrogens with zero attached hydrogens (tertiary/aromatic N) is 1. The van der Waals surface area contributed by atoms with Crippen molar-refractivity contribution in [2.45, 2.75) is 13.0 Å². The number of carbonyl (C=O) groups excluding carboxylic acids is 2. The number of benzene rings is 2. The van der Waals surface area contributed by atoms with E-state index >= 15 is 0 Å². The number of rotatable bonds is 3. The average Bonchev–Trinajstić information content (AvgIpc) is 2.97. The van der Waals surface area contributed by atoms with E-state index in [1.165, 1.54) is 0 Å². The lowest BCUT2D eigenvalue weighted by Crippen LogP contribution is -2.38. The van der Waals surface area contributed by atoms with Crippen LogP contribution in [0.15, 0.2) is 42.5 Å². The molecule has 0 fully saturated rings. The number of nitrogens with one attached hydrogen (secondary N) is 2. The standard InChI is InChI=1S/C19H21N3O3/c1-12-10-13(8-9-16(12)22(2)3)20-18(23)19(24)21-15-11-25-17-7-5-4-6-14(15)17/h4-10,15H,11H2,1-3H3,(H,20,23)(H,21,24). The molecule has 6 nitrogen and oxygen atoms in total. The molecule has 0 aliphatic carbocycles. The molecule has 130 valence electrons. The summed E-state index contributed by atoms with van der Waals surface area (Å²) in [6.07, 6.45) is 0. The van der Waals surface area contributed by atoms with E-state index in [1.54, 1.807) is 6.07 Å². The Morgan fingerprint density at radius 2 is 1.88 bits per heavy atom. The molecule has 25 heavy (non-hydrogen) atoms. The Kier molecular flexibility index (Phi) is 4.61. The van der Waals surface area contributed by atoms with Crippen LogP contribution in [0.2, 0.25) is 0 Å². The minimum Gasteiger partial charge on any atom is -0.491 e. The highest BCUT2D eigenvalue weighted by atomic mass is 16.5. The highest BCUT2D eigenvalue weighted by Crippen LogP contribution is 2.31. The Balaban J connectivity index is 1.64. The molecule has 0 saturated carbocycles. The van der Waals surface area contributed by atoms with Crippen molar-refractivity contribution in [2.24, 2.45) is 0 Å². The topological polar surface area (TPSA) is 70.7 Å². The second kappa shape index (κ2) is 6.84. The molecular weight excluding hydrogens is 318 g/mol. The van der Waals surface area contributed by atoms with Gasteiger partial charge < -0.3 is 20.3 Å². The van der Waals surface area contributed by atoms with Crippen LogP contribution < -0.4 is 20.3 Å². The predicted molar refractivity (Wildman–Crippen MR) is 97.0 cm³/mol. The van der Waals surface area contributed by atoms with Crippen molar-refractivity contribution in [3.8, 4) is 5.75 Å². The van der Waals surface area contributed by atoms with Crippen LogP contribution in [-0.2, 0) is 9.59 Å². The molecule has 0 radical (unpaired) electrons. The zero-order valence-electron chi connectivity index (χ0n) is 14.5. The van der Waals surface area contributed by atoms with E-state index in [0.29, 0.717) is 12.3 Å². The van der Waals surface area contributed by atoms with Gasteiger partial charge in [-0.3, -0.25) is 9.59 Å². The van der Waals surface area contributed by atoms with Gasteiger partial charge in [-0.15, -0.1) is 0 Å². The van der Waals surface area contributed by atoms with Gasteiger partial charge in [0.2, 0.25) is 0 Å². The van der Waals surface area contributed by atoms with E-state index in [1.807, 2.05) is 62.3 Å². The zero-order valence-corrected chi connectivity index (χ0v) is 14.5. The fraction of sp³-hybridized carbons (Fsp3) is 0.263. The second-order valence-corrected chi connectivity index (χ2v) is 6.22. The fourth-order valence-corrected chi connectivity index (χ4v) is 2.93. The Labute approximate surface area is 146 Å². The first kappa shape index (κ1) is 16.8. The van der Waals surface area contributed by atoms with Gasteiger partial charge in [0.15, 0.2) is 0 Å². The molecule has 1 atom stereocenters. The van der Waals surface area contributed by atoms with Gasteiger partial charge in [-0.1, -0.05) is 18.2 Å². The summed E-state index contributed by atoms with van der Waals surface area (Å²) in [5, 5.41) is 5.35. The SMILES string of the molecule is Cc1cc(NC(=O)C(=O)NC2COc3ccccc32)ccc1N(C)C. The maximum absolute atomic E-state index is 12.2. The molecule has 3 rings (SSSR count). The molecule has 1 aliphatic rings. The van der Waals surface area contributed by atoms with Gasteiger partial charge in [-0.25, -0.2) is 0 Å². The van der Waals surface area contributed by atoms with Crippen molar-refractivity contribution in [3.63, 3.8) is 0 Å². The predicted octanol–water partition coefficient (Wildman–Crippen LogP) is 2.25. The molecule has 1 heterocycles. The lowest BCUT2D eigenvalue weighted by atomic mass is 10.1. The van der Waals surface area contributed by atoms with Crippen molar-refractivity contribution < 1.29 is 14.3 Å². The molecule has 0 bridgehead atoms. The van der Waals surface area contributed by atoms with Crippen LogP contribution in [0.1, 0.15) is 17.2 Å². The molecular formula is C19H21N3O3. The van der Waals surface area contributed by atoms with E-state index in [9.17, 15) is 9.59 Å². The van der Waals surface area contributed by atoms with E-state index in [4.69, 9.17) is 4.74 Å². The Morgan fingerprint density at radius 1 is 1.12 bits per heavy atom. The third-order valence-electron chi connectivity index (χ3n) is 4.15. The lowest BCUT2D eigenvalue weighted by molar-refractivity contribution is -0.136. The summed E-state index contributed by atoms with van der Waals surface area (Å²) in [5.74, 6) is -0.635. The lowest BCUT2D eigenvalue weighted by Gasteiger charge is -2.17. The maximum atomic E-state index is 12.2. The van der Waals surface area contributed by atoms with Crippen molar-refractivity contribution in [3.05, 3.63) is 53.6 Å². The zero-order chi connectivity index (χ0) is 18.0. The largest absolute Gasteiger partial charge is 0.491 e. The number of anilines is 2. The Hall–Kier alpha value is -3.02. The van der Waals surface area contributed by atoms with Gasteiger partial charge in [-0.05, 0) is 36.8 Å². The summed E-state index contributed by atoms with van der Waals surface area (Å²) in [5.41, 5.74) is 3.55. The molecule has 6 heteroatoms. The van der Waals surface area contributed by atoms with Gasteiger partial charge in [0.1, 0.15) is 12.4 Å². The normalized spacial score (nSPS) is 15.1. The number of para-hydroxylation sites is 1. The fourth-order valence-electron chi connectivity index (χ4n) is 2.93. The molecule has 2 aromatic carbocycles. The van der Waals surface area contributed by atoms with E-state index in [0.717, 1.165) is 22.6 Å². The van der Waals surface area contributed by atoms with Crippen LogP contribution in [0.3, 0.4) is 0 Å². The average molecular weight is 339 g/mol. The summed E-state index contributed by atoms with van der Waals surface area (Å²) in [4.78, 5) is 26.3. The van der Waals surface area contributed by atoms with Crippen LogP contribution in [0.25, 0.3) is 0 Å². The summed E-state index contributed by atoms with van der Waals surface area (Å²) in [6.45, 7) is 2.28. The number of hydrogen-bond acceptors (Lipinski definition) is 4. The second-order valence-electron chi connectivity index (χ2n) is 6.22. The Bertz CT molecular complexity index is 817. The minimum absolute atomic E-state index is 0.313. The summed E-state index contributed by atoms with van der Waals surface area (Å²) in [6, 6.07) is 12.7.